The maximum Gasteiger partial charge on any atom is 0.248 e. The number of anilines is 2. The molecular formula is C18H26N4O. The molecule has 0 aliphatic heterocycles. The highest BCUT2D eigenvalue weighted by molar-refractivity contribution is 5.66. The van der Waals surface area contributed by atoms with E-state index in [-0.39, 0.29) is 0 Å². The summed E-state index contributed by atoms with van der Waals surface area (Å²) < 4.78 is 5.80. The molecule has 1 heterocycles. The highest BCUT2D eigenvalue weighted by atomic mass is 16.5. The zero-order valence-electron chi connectivity index (χ0n) is 14.3. The largest absolute Gasteiger partial charge is 0.437 e. The van der Waals surface area contributed by atoms with Crippen molar-refractivity contribution in [3.63, 3.8) is 0 Å². The zero-order chi connectivity index (χ0) is 16.8. The predicted molar refractivity (Wildman–Crippen MR) is 95.0 cm³/mol. The zero-order valence-corrected chi connectivity index (χ0v) is 14.3. The molecule has 23 heavy (non-hydrogen) atoms. The number of nitrogens with one attached hydrogen (secondary N) is 1. The van der Waals surface area contributed by atoms with Gasteiger partial charge < -0.3 is 15.8 Å². The van der Waals surface area contributed by atoms with Crippen LogP contribution >= 0.6 is 0 Å². The highest BCUT2D eigenvalue weighted by Gasteiger charge is 2.10. The molecule has 1 aromatic heterocycles. The third kappa shape index (κ3) is 4.84. The molecule has 1 aromatic carbocycles. The van der Waals surface area contributed by atoms with Crippen LogP contribution in [0.2, 0.25) is 0 Å². The lowest BCUT2D eigenvalue weighted by Crippen LogP contribution is -2.09. The monoisotopic (exact) mass is 314 g/mol. The van der Waals surface area contributed by atoms with Gasteiger partial charge in [0.05, 0.1) is 0 Å². The van der Waals surface area contributed by atoms with E-state index in [1.165, 1.54) is 11.9 Å². The van der Waals surface area contributed by atoms with Gasteiger partial charge in [0.1, 0.15) is 17.8 Å². The van der Waals surface area contributed by atoms with Crippen LogP contribution in [-0.4, -0.2) is 16.5 Å². The molecule has 0 aliphatic carbocycles. The third-order valence-corrected chi connectivity index (χ3v) is 3.62. The van der Waals surface area contributed by atoms with E-state index in [4.69, 9.17) is 10.5 Å². The molecule has 2 rings (SSSR count). The Morgan fingerprint density at radius 3 is 2.39 bits per heavy atom. The molecule has 0 unspecified atom stereocenters. The normalized spacial score (nSPS) is 11.0. The van der Waals surface area contributed by atoms with Crippen molar-refractivity contribution >= 4 is 11.5 Å². The van der Waals surface area contributed by atoms with Crippen molar-refractivity contribution < 1.29 is 4.74 Å². The van der Waals surface area contributed by atoms with Crippen molar-refractivity contribution in [3.8, 4) is 11.6 Å². The van der Waals surface area contributed by atoms with Crippen LogP contribution in [0.5, 0.6) is 11.6 Å². The molecular weight excluding hydrogens is 288 g/mol. The number of aromatic nitrogens is 2. The summed E-state index contributed by atoms with van der Waals surface area (Å²) in [5.41, 5.74) is 7.82. The highest BCUT2D eigenvalue weighted by Crippen LogP contribution is 2.30. The Balaban J connectivity index is 2.07. The minimum absolute atomic E-state index is 0.379. The van der Waals surface area contributed by atoms with Gasteiger partial charge in [-0.05, 0) is 36.0 Å². The second kappa shape index (κ2) is 7.81. The standard InChI is InChI=1S/C18H26N4O/c1-12(2)9-10-20-17-16(19)18(22-11-21-17)23-15-7-5-14(6-8-15)13(3)4/h5-8,11-13H,9-10,19H2,1-4H3,(H,20,21,22). The molecule has 5 nitrogen and oxygen atoms in total. The number of nitrogen functional groups attached to an aromatic ring is 1. The number of nitrogens with zero attached hydrogens (tertiary/aromatic N) is 2. The Morgan fingerprint density at radius 1 is 1.09 bits per heavy atom. The SMILES string of the molecule is CC(C)CCNc1ncnc(Oc2ccc(C(C)C)cc2)c1N. The molecule has 124 valence electrons. The Hall–Kier alpha value is -2.30. The van der Waals surface area contributed by atoms with Crippen LogP contribution in [0.3, 0.4) is 0 Å². The van der Waals surface area contributed by atoms with E-state index in [0.29, 0.717) is 35.0 Å². The number of ether oxygens (including phenoxy) is 1. The summed E-state index contributed by atoms with van der Waals surface area (Å²) in [6, 6.07) is 7.98. The summed E-state index contributed by atoms with van der Waals surface area (Å²) in [7, 11) is 0. The predicted octanol–water partition coefficient (Wildman–Crippen LogP) is 4.43. The van der Waals surface area contributed by atoms with E-state index in [0.717, 1.165) is 13.0 Å². The van der Waals surface area contributed by atoms with Gasteiger partial charge in [0.2, 0.25) is 5.88 Å². The third-order valence-electron chi connectivity index (χ3n) is 3.62. The van der Waals surface area contributed by atoms with Gasteiger partial charge in [-0.3, -0.25) is 0 Å². The van der Waals surface area contributed by atoms with E-state index in [1.54, 1.807) is 0 Å². The molecule has 0 fully saturated rings. The van der Waals surface area contributed by atoms with E-state index in [2.05, 4.69) is 55.1 Å². The second-order valence-corrected chi connectivity index (χ2v) is 6.38. The number of benzene rings is 1. The fraction of sp³-hybridized carbons (Fsp3) is 0.444. The second-order valence-electron chi connectivity index (χ2n) is 6.38. The van der Waals surface area contributed by atoms with Gasteiger partial charge in [0.25, 0.3) is 0 Å². The van der Waals surface area contributed by atoms with Crippen LogP contribution in [0, 0.1) is 5.92 Å². The Kier molecular flexibility index (Phi) is 5.79. The quantitative estimate of drug-likeness (QED) is 0.790. The van der Waals surface area contributed by atoms with Crippen LogP contribution in [0.15, 0.2) is 30.6 Å². The van der Waals surface area contributed by atoms with Gasteiger partial charge in [0, 0.05) is 6.54 Å². The minimum Gasteiger partial charge on any atom is -0.437 e. The first-order valence-corrected chi connectivity index (χ1v) is 8.09. The average Bonchev–Trinajstić information content (AvgIpc) is 2.51. The Morgan fingerprint density at radius 2 is 1.78 bits per heavy atom. The lowest BCUT2D eigenvalue weighted by atomic mass is 10.0. The smallest absolute Gasteiger partial charge is 0.248 e. The molecule has 3 N–H and O–H groups in total. The molecule has 0 atom stereocenters. The van der Waals surface area contributed by atoms with Crippen molar-refractivity contribution in [2.45, 2.75) is 40.0 Å². The summed E-state index contributed by atoms with van der Waals surface area (Å²) in [6.07, 6.45) is 2.52. The van der Waals surface area contributed by atoms with E-state index in [9.17, 15) is 0 Å². The average molecular weight is 314 g/mol. The fourth-order valence-electron chi connectivity index (χ4n) is 2.11. The molecule has 0 saturated carbocycles. The van der Waals surface area contributed by atoms with Crippen molar-refractivity contribution in [1.29, 1.82) is 0 Å². The fourth-order valence-corrected chi connectivity index (χ4v) is 2.11. The summed E-state index contributed by atoms with van der Waals surface area (Å²) in [4.78, 5) is 8.32. The lowest BCUT2D eigenvalue weighted by molar-refractivity contribution is 0.464. The van der Waals surface area contributed by atoms with Crippen molar-refractivity contribution in [2.75, 3.05) is 17.6 Å². The Bertz CT molecular complexity index is 623. The van der Waals surface area contributed by atoms with Gasteiger partial charge in [-0.1, -0.05) is 39.8 Å². The Labute approximate surface area is 138 Å². The first-order valence-electron chi connectivity index (χ1n) is 8.09. The van der Waals surface area contributed by atoms with Crippen LogP contribution in [0.1, 0.15) is 45.6 Å². The summed E-state index contributed by atoms with van der Waals surface area (Å²) in [6.45, 7) is 9.50. The van der Waals surface area contributed by atoms with Crippen LogP contribution < -0.4 is 15.8 Å². The molecule has 0 aliphatic rings. The van der Waals surface area contributed by atoms with Crippen LogP contribution in [0.4, 0.5) is 11.5 Å². The molecule has 0 spiro atoms. The van der Waals surface area contributed by atoms with Crippen molar-refractivity contribution in [2.24, 2.45) is 5.92 Å². The molecule has 0 bridgehead atoms. The molecule has 0 amide bonds. The van der Waals surface area contributed by atoms with Gasteiger partial charge in [0.15, 0.2) is 5.82 Å². The summed E-state index contributed by atoms with van der Waals surface area (Å²) in [5, 5.41) is 3.24. The molecule has 0 saturated heterocycles. The maximum atomic E-state index is 6.11. The minimum atomic E-state index is 0.379. The summed E-state index contributed by atoms with van der Waals surface area (Å²) in [5.74, 6) is 2.83. The van der Waals surface area contributed by atoms with Gasteiger partial charge >= 0.3 is 0 Å². The molecule has 0 radical (unpaired) electrons. The number of hydrogen-bond donors (Lipinski definition) is 2. The van der Waals surface area contributed by atoms with E-state index in [1.807, 2.05) is 12.1 Å². The van der Waals surface area contributed by atoms with Crippen molar-refractivity contribution in [1.82, 2.24) is 9.97 Å². The maximum absolute atomic E-state index is 6.11. The van der Waals surface area contributed by atoms with Gasteiger partial charge in [-0.2, -0.15) is 4.98 Å². The van der Waals surface area contributed by atoms with E-state index >= 15 is 0 Å². The van der Waals surface area contributed by atoms with Gasteiger partial charge in [-0.25, -0.2) is 4.98 Å². The van der Waals surface area contributed by atoms with Gasteiger partial charge in [-0.15, -0.1) is 0 Å². The number of nitrogens with two attached hydrogens (primary N) is 1. The topological polar surface area (TPSA) is 73.1 Å². The van der Waals surface area contributed by atoms with E-state index < -0.39 is 0 Å². The van der Waals surface area contributed by atoms with Crippen LogP contribution in [0.25, 0.3) is 0 Å². The van der Waals surface area contributed by atoms with Crippen LogP contribution in [-0.2, 0) is 0 Å². The molecule has 5 heteroatoms. The number of rotatable bonds is 7. The number of hydrogen-bond acceptors (Lipinski definition) is 5. The first-order chi connectivity index (χ1) is 11.0. The molecule has 2 aromatic rings. The lowest BCUT2D eigenvalue weighted by Gasteiger charge is -2.13. The first kappa shape index (κ1) is 17.1. The summed E-state index contributed by atoms with van der Waals surface area (Å²) >= 11 is 0. The van der Waals surface area contributed by atoms with Crippen molar-refractivity contribution in [3.05, 3.63) is 36.2 Å².